The van der Waals surface area contributed by atoms with E-state index in [1.54, 1.807) is 12.3 Å². The van der Waals surface area contributed by atoms with Crippen LogP contribution in [0.25, 0.3) is 10.2 Å². The maximum absolute atomic E-state index is 14.4. The van der Waals surface area contributed by atoms with Gasteiger partial charge in [-0.05, 0) is 41.8 Å². The van der Waals surface area contributed by atoms with E-state index in [9.17, 15) is 18.0 Å². The maximum Gasteiger partial charge on any atom is 0.323 e. The number of hydrogen-bond donors (Lipinski definition) is 2. The Morgan fingerprint density at radius 3 is 2.38 bits per heavy atom. The Morgan fingerprint density at radius 1 is 0.931 bits per heavy atom. The third kappa shape index (κ3) is 4.14. The summed E-state index contributed by atoms with van der Waals surface area (Å²) in [7, 11) is 0. The minimum atomic E-state index is -0.943. The monoisotopic (exact) mass is 415 g/mol. The molecule has 0 fully saturated rings. The smallest absolute Gasteiger partial charge is 0.323 e. The second-order valence-corrected chi connectivity index (χ2v) is 6.79. The molecule has 0 saturated heterocycles. The molecular formula is C20H12F3N3O2S. The predicted octanol–water partition coefficient (Wildman–Crippen LogP) is 6.15. The molecule has 0 aliphatic heterocycles. The Bertz CT molecular complexity index is 1210. The van der Waals surface area contributed by atoms with Gasteiger partial charge >= 0.3 is 6.03 Å². The first-order chi connectivity index (χ1) is 14.0. The van der Waals surface area contributed by atoms with Crippen LogP contribution in [0.1, 0.15) is 0 Å². The Morgan fingerprint density at radius 2 is 1.66 bits per heavy atom. The molecule has 0 saturated carbocycles. The van der Waals surface area contributed by atoms with Crippen molar-refractivity contribution in [2.24, 2.45) is 0 Å². The molecule has 2 amide bonds. The van der Waals surface area contributed by atoms with Gasteiger partial charge in [-0.15, -0.1) is 11.3 Å². The lowest BCUT2D eigenvalue weighted by atomic mass is 10.2. The fourth-order valence-corrected chi connectivity index (χ4v) is 3.34. The summed E-state index contributed by atoms with van der Waals surface area (Å²) in [5, 5.41) is 7.14. The van der Waals surface area contributed by atoms with Crippen LogP contribution in [-0.2, 0) is 0 Å². The third-order valence-corrected chi connectivity index (χ3v) is 4.74. The van der Waals surface area contributed by atoms with Crippen molar-refractivity contribution in [2.75, 3.05) is 10.6 Å². The topological polar surface area (TPSA) is 63.2 Å². The number of carbonyl (C=O) groups excluding carboxylic acids is 1. The van der Waals surface area contributed by atoms with Crippen LogP contribution >= 0.6 is 11.3 Å². The van der Waals surface area contributed by atoms with E-state index in [-0.39, 0.29) is 17.1 Å². The summed E-state index contributed by atoms with van der Waals surface area (Å²) in [6, 6.07) is 9.26. The fraction of sp³-hybridized carbons (Fsp3) is 0. The highest BCUT2D eigenvalue weighted by Gasteiger charge is 2.12. The van der Waals surface area contributed by atoms with E-state index in [0.29, 0.717) is 11.8 Å². The number of nitrogens with zero attached hydrogens (tertiary/aromatic N) is 1. The fourth-order valence-electron chi connectivity index (χ4n) is 2.59. The Labute approximate surface area is 166 Å². The number of thiophene rings is 1. The number of nitrogens with one attached hydrogen (secondary N) is 2. The van der Waals surface area contributed by atoms with E-state index in [4.69, 9.17) is 4.74 Å². The number of amides is 2. The van der Waals surface area contributed by atoms with Crippen LogP contribution < -0.4 is 15.4 Å². The van der Waals surface area contributed by atoms with Gasteiger partial charge in [0.2, 0.25) is 0 Å². The molecule has 0 aliphatic rings. The lowest BCUT2D eigenvalue weighted by Gasteiger charge is -2.11. The molecule has 0 atom stereocenters. The average Bonchev–Trinajstić information content (AvgIpc) is 3.16. The van der Waals surface area contributed by atoms with Gasteiger partial charge in [-0.3, -0.25) is 0 Å². The van der Waals surface area contributed by atoms with E-state index < -0.39 is 23.5 Å². The molecule has 29 heavy (non-hydrogen) atoms. The van der Waals surface area contributed by atoms with Crippen molar-refractivity contribution in [3.8, 4) is 11.5 Å². The lowest BCUT2D eigenvalue weighted by molar-refractivity contribution is 0.262. The van der Waals surface area contributed by atoms with Gasteiger partial charge in [0, 0.05) is 18.3 Å². The molecule has 146 valence electrons. The van der Waals surface area contributed by atoms with Gasteiger partial charge < -0.3 is 15.4 Å². The molecule has 0 bridgehead atoms. The number of pyridine rings is 1. The average molecular weight is 415 g/mol. The summed E-state index contributed by atoms with van der Waals surface area (Å²) in [5.74, 6) is -1.70. The van der Waals surface area contributed by atoms with Gasteiger partial charge in [0.15, 0.2) is 0 Å². The Balaban J connectivity index is 1.47. The van der Waals surface area contributed by atoms with Crippen molar-refractivity contribution in [3.63, 3.8) is 0 Å². The number of halogens is 3. The van der Waals surface area contributed by atoms with Crippen molar-refractivity contribution in [2.45, 2.75) is 0 Å². The molecule has 4 aromatic rings. The van der Waals surface area contributed by atoms with E-state index in [0.717, 1.165) is 28.4 Å². The molecule has 0 spiro atoms. The van der Waals surface area contributed by atoms with Crippen LogP contribution in [0.3, 0.4) is 0 Å². The van der Waals surface area contributed by atoms with Crippen LogP contribution in [0.2, 0.25) is 0 Å². The van der Waals surface area contributed by atoms with Gasteiger partial charge in [0.05, 0.1) is 16.8 Å². The zero-order valence-electron chi connectivity index (χ0n) is 14.6. The van der Waals surface area contributed by atoms with Crippen molar-refractivity contribution in [3.05, 3.63) is 77.6 Å². The largest absolute Gasteiger partial charge is 0.456 e. The normalized spacial score (nSPS) is 10.7. The Kier molecular flexibility index (Phi) is 5.05. The second kappa shape index (κ2) is 7.80. The molecule has 9 heteroatoms. The van der Waals surface area contributed by atoms with Gasteiger partial charge in [-0.25, -0.2) is 22.9 Å². The first kappa shape index (κ1) is 18.8. The van der Waals surface area contributed by atoms with E-state index in [2.05, 4.69) is 15.6 Å². The summed E-state index contributed by atoms with van der Waals surface area (Å²) in [6.07, 6.45) is 1.60. The minimum absolute atomic E-state index is 0.132. The minimum Gasteiger partial charge on any atom is -0.456 e. The number of benzene rings is 2. The zero-order chi connectivity index (χ0) is 20.4. The summed E-state index contributed by atoms with van der Waals surface area (Å²) in [4.78, 5) is 17.0. The van der Waals surface area contributed by atoms with Crippen LogP contribution in [0.4, 0.5) is 29.3 Å². The molecule has 2 aromatic carbocycles. The van der Waals surface area contributed by atoms with E-state index >= 15 is 0 Å². The highest BCUT2D eigenvalue weighted by molar-refractivity contribution is 7.16. The molecule has 0 aliphatic carbocycles. The summed E-state index contributed by atoms with van der Waals surface area (Å²) < 4.78 is 46.6. The first-order valence-electron chi connectivity index (χ1n) is 8.32. The highest BCUT2D eigenvalue weighted by Crippen LogP contribution is 2.32. The molecule has 2 aromatic heterocycles. The molecule has 0 unspecified atom stereocenters. The molecule has 0 radical (unpaired) electrons. The van der Waals surface area contributed by atoms with Crippen LogP contribution in [-0.4, -0.2) is 11.0 Å². The molecule has 2 N–H and O–H groups in total. The number of fused-ring (bicyclic) bond motifs is 1. The maximum atomic E-state index is 14.4. The lowest BCUT2D eigenvalue weighted by Crippen LogP contribution is -2.20. The summed E-state index contributed by atoms with van der Waals surface area (Å²) in [5.41, 5.74) is -0.366. The number of hydrogen-bond acceptors (Lipinski definition) is 4. The van der Waals surface area contributed by atoms with Gasteiger partial charge in [0.25, 0.3) is 0 Å². The van der Waals surface area contributed by atoms with Gasteiger partial charge in [-0.2, -0.15) is 0 Å². The standard InChI is InChI=1S/C20H12F3N3O2S/c21-11-1-3-16(14(22)9-11)25-20(27)26-17-4-2-12(10-15(17)23)28-18-5-7-24-19-13(18)6-8-29-19/h1-10H,(H2,25,26,27). The number of carbonyl (C=O) groups is 1. The molecular weight excluding hydrogens is 403 g/mol. The van der Waals surface area contributed by atoms with Crippen LogP contribution in [0.15, 0.2) is 60.1 Å². The summed E-state index contributed by atoms with van der Waals surface area (Å²) in [6.45, 7) is 0. The predicted molar refractivity (Wildman–Crippen MR) is 105 cm³/mol. The number of ether oxygens (including phenoxy) is 1. The van der Waals surface area contributed by atoms with Gasteiger partial charge in [-0.1, -0.05) is 0 Å². The Hall–Kier alpha value is -3.59. The SMILES string of the molecule is O=C(Nc1ccc(F)cc1F)Nc1ccc(Oc2ccnc3sccc23)cc1F. The van der Waals surface area contributed by atoms with Crippen molar-refractivity contribution in [1.29, 1.82) is 0 Å². The number of anilines is 2. The first-order valence-corrected chi connectivity index (χ1v) is 9.20. The van der Waals surface area contributed by atoms with E-state index in [1.165, 1.54) is 23.5 Å². The number of rotatable bonds is 4. The number of aromatic nitrogens is 1. The molecule has 2 heterocycles. The zero-order valence-corrected chi connectivity index (χ0v) is 15.4. The third-order valence-electron chi connectivity index (χ3n) is 3.92. The van der Waals surface area contributed by atoms with E-state index in [1.807, 2.05) is 11.4 Å². The number of urea groups is 1. The molecule has 4 rings (SSSR count). The van der Waals surface area contributed by atoms with Crippen LogP contribution in [0.5, 0.6) is 11.5 Å². The van der Waals surface area contributed by atoms with Crippen molar-refractivity contribution < 1.29 is 22.7 Å². The van der Waals surface area contributed by atoms with Crippen molar-refractivity contribution in [1.82, 2.24) is 4.98 Å². The summed E-state index contributed by atoms with van der Waals surface area (Å²) >= 11 is 1.46. The highest BCUT2D eigenvalue weighted by atomic mass is 32.1. The quantitative estimate of drug-likeness (QED) is 0.420. The second-order valence-electron chi connectivity index (χ2n) is 5.90. The van der Waals surface area contributed by atoms with Crippen LogP contribution in [0, 0.1) is 17.5 Å². The molecule has 5 nitrogen and oxygen atoms in total. The van der Waals surface area contributed by atoms with Gasteiger partial charge in [0.1, 0.15) is 33.8 Å². The van der Waals surface area contributed by atoms with Crippen molar-refractivity contribution >= 4 is 39.0 Å².